The van der Waals surface area contributed by atoms with Gasteiger partial charge in [0.2, 0.25) is 10.0 Å². The first kappa shape index (κ1) is 18.9. The summed E-state index contributed by atoms with van der Waals surface area (Å²) >= 11 is 0. The molecule has 25 heavy (non-hydrogen) atoms. The first-order chi connectivity index (χ1) is 11.8. The van der Waals surface area contributed by atoms with Gasteiger partial charge in [0, 0.05) is 17.8 Å². The Hall–Kier alpha value is -2.44. The second-order valence-corrected chi connectivity index (χ2v) is 7.67. The second-order valence-electron chi connectivity index (χ2n) is 5.90. The van der Waals surface area contributed by atoms with Crippen molar-refractivity contribution in [2.75, 3.05) is 11.9 Å². The molecular weight excluding hydrogens is 336 g/mol. The highest BCUT2D eigenvalue weighted by molar-refractivity contribution is 7.89. The van der Waals surface area contributed by atoms with Crippen molar-refractivity contribution in [2.24, 2.45) is 0 Å². The summed E-state index contributed by atoms with van der Waals surface area (Å²) in [6, 6.07) is 13.5. The van der Waals surface area contributed by atoms with Crippen molar-refractivity contribution >= 4 is 21.6 Å². The number of anilines is 1. The van der Waals surface area contributed by atoms with Crippen molar-refractivity contribution in [1.29, 1.82) is 0 Å². The molecular formula is C19H22N2O3S. The van der Waals surface area contributed by atoms with Crippen LogP contribution in [-0.4, -0.2) is 20.9 Å². The molecule has 2 N–H and O–H groups in total. The number of carbonyl (C=O) groups is 1. The van der Waals surface area contributed by atoms with Crippen molar-refractivity contribution in [3.8, 4) is 0 Å². The van der Waals surface area contributed by atoms with Gasteiger partial charge in [0.05, 0.1) is 4.90 Å². The summed E-state index contributed by atoms with van der Waals surface area (Å²) in [7, 11) is -3.59. The minimum atomic E-state index is -3.59. The Bertz CT molecular complexity index is 856. The van der Waals surface area contributed by atoms with Gasteiger partial charge in [-0.1, -0.05) is 32.1 Å². The molecule has 6 heteroatoms. The summed E-state index contributed by atoms with van der Waals surface area (Å²) in [5.74, 6) is 0.0771. The zero-order valence-electron chi connectivity index (χ0n) is 14.3. The second kappa shape index (κ2) is 8.09. The largest absolute Gasteiger partial charge is 0.322 e. The fraction of sp³-hybridized carbons (Fsp3) is 0.211. The molecule has 0 heterocycles. The van der Waals surface area contributed by atoms with Crippen LogP contribution in [0.15, 0.2) is 66.1 Å². The lowest BCUT2D eigenvalue weighted by molar-refractivity contribution is 0.102. The van der Waals surface area contributed by atoms with Crippen LogP contribution in [0, 0.1) is 0 Å². The lowest BCUT2D eigenvalue weighted by Gasteiger charge is -2.10. The first-order valence-electron chi connectivity index (χ1n) is 7.95. The summed E-state index contributed by atoms with van der Waals surface area (Å²) < 4.78 is 26.4. The van der Waals surface area contributed by atoms with Crippen molar-refractivity contribution in [3.05, 3.63) is 72.3 Å². The summed E-state index contributed by atoms with van der Waals surface area (Å²) in [6.45, 7) is 7.79. The average molecular weight is 358 g/mol. The maximum Gasteiger partial charge on any atom is 0.255 e. The van der Waals surface area contributed by atoms with E-state index >= 15 is 0 Å². The molecule has 2 rings (SSSR count). The summed E-state index contributed by atoms with van der Waals surface area (Å²) in [6.07, 6.45) is 1.46. The van der Waals surface area contributed by atoms with Crippen LogP contribution in [-0.2, 0) is 10.0 Å². The molecule has 0 aliphatic carbocycles. The number of hydrogen-bond acceptors (Lipinski definition) is 3. The molecule has 0 bridgehead atoms. The fourth-order valence-electron chi connectivity index (χ4n) is 2.22. The first-order valence-corrected chi connectivity index (χ1v) is 9.44. The molecule has 0 saturated heterocycles. The maximum absolute atomic E-state index is 12.3. The van der Waals surface area contributed by atoms with Crippen molar-refractivity contribution < 1.29 is 13.2 Å². The fourth-order valence-corrected chi connectivity index (χ4v) is 3.21. The number of nitrogens with one attached hydrogen (secondary N) is 2. The van der Waals surface area contributed by atoms with Gasteiger partial charge in [-0.2, -0.15) is 0 Å². The minimum Gasteiger partial charge on any atom is -0.322 e. The van der Waals surface area contributed by atoms with Crippen molar-refractivity contribution in [2.45, 2.75) is 24.7 Å². The Kier molecular flexibility index (Phi) is 6.12. The van der Waals surface area contributed by atoms with Gasteiger partial charge in [-0.25, -0.2) is 13.1 Å². The third kappa shape index (κ3) is 5.01. The number of rotatable bonds is 7. The van der Waals surface area contributed by atoms with E-state index in [0.29, 0.717) is 17.2 Å². The van der Waals surface area contributed by atoms with Crippen molar-refractivity contribution in [3.63, 3.8) is 0 Å². The number of amides is 1. The van der Waals surface area contributed by atoms with Gasteiger partial charge in [-0.05, 0) is 47.9 Å². The number of benzene rings is 2. The molecule has 0 aliphatic rings. The van der Waals surface area contributed by atoms with E-state index in [2.05, 4.69) is 30.5 Å². The molecule has 0 saturated carbocycles. The smallest absolute Gasteiger partial charge is 0.255 e. The Morgan fingerprint density at radius 1 is 1.16 bits per heavy atom. The van der Waals surface area contributed by atoms with E-state index in [1.807, 2.05) is 24.3 Å². The lowest BCUT2D eigenvalue weighted by Crippen LogP contribution is -2.23. The Morgan fingerprint density at radius 2 is 1.84 bits per heavy atom. The van der Waals surface area contributed by atoms with Gasteiger partial charge in [0.15, 0.2) is 0 Å². The molecule has 2 aromatic carbocycles. The van der Waals surface area contributed by atoms with Crippen LogP contribution in [0.25, 0.3) is 0 Å². The van der Waals surface area contributed by atoms with Crippen LogP contribution in [0.2, 0.25) is 0 Å². The predicted octanol–water partition coefficient (Wildman–Crippen LogP) is 3.53. The zero-order valence-corrected chi connectivity index (χ0v) is 15.1. The van der Waals surface area contributed by atoms with Gasteiger partial charge in [-0.15, -0.1) is 6.58 Å². The summed E-state index contributed by atoms with van der Waals surface area (Å²) in [5, 5.41) is 2.83. The topological polar surface area (TPSA) is 75.3 Å². The number of hydrogen-bond donors (Lipinski definition) is 2. The molecule has 0 unspecified atom stereocenters. The van der Waals surface area contributed by atoms with E-state index in [9.17, 15) is 13.2 Å². The minimum absolute atomic E-state index is 0.104. The molecule has 0 fully saturated rings. The Morgan fingerprint density at radius 3 is 2.44 bits per heavy atom. The molecule has 1 amide bonds. The molecule has 0 radical (unpaired) electrons. The highest BCUT2D eigenvalue weighted by Crippen LogP contribution is 2.19. The summed E-state index contributed by atoms with van der Waals surface area (Å²) in [5.41, 5.74) is 2.23. The number of carbonyl (C=O) groups excluding carboxylic acids is 1. The lowest BCUT2D eigenvalue weighted by atomic mass is 10.0. The predicted molar refractivity (Wildman–Crippen MR) is 100 cm³/mol. The molecule has 2 aromatic rings. The van der Waals surface area contributed by atoms with E-state index in [1.54, 1.807) is 0 Å². The maximum atomic E-state index is 12.3. The SMILES string of the molecule is C=CCNS(=O)(=O)c1ccc(C(=O)Nc2cccc(C(C)C)c2)cc1. The van der Waals surface area contributed by atoms with E-state index < -0.39 is 10.0 Å². The van der Waals surface area contributed by atoms with Gasteiger partial charge >= 0.3 is 0 Å². The quantitative estimate of drug-likeness (QED) is 0.744. The highest BCUT2D eigenvalue weighted by atomic mass is 32.2. The normalized spacial score (nSPS) is 11.3. The molecule has 0 spiro atoms. The van der Waals surface area contributed by atoms with Gasteiger partial charge < -0.3 is 5.32 Å². The third-order valence-corrected chi connectivity index (χ3v) is 5.10. The highest BCUT2D eigenvalue weighted by Gasteiger charge is 2.14. The molecule has 5 nitrogen and oxygen atoms in total. The standard InChI is InChI=1S/C19H22N2O3S/c1-4-12-20-25(23,24)18-10-8-15(9-11-18)19(22)21-17-7-5-6-16(13-17)14(2)3/h4-11,13-14,20H,1,12H2,2-3H3,(H,21,22). The van der Waals surface area contributed by atoms with Gasteiger partial charge in [-0.3, -0.25) is 4.79 Å². The zero-order chi connectivity index (χ0) is 18.4. The monoisotopic (exact) mass is 358 g/mol. The van der Waals surface area contributed by atoms with E-state index in [-0.39, 0.29) is 17.3 Å². The van der Waals surface area contributed by atoms with Crippen molar-refractivity contribution in [1.82, 2.24) is 4.72 Å². The van der Waals surface area contributed by atoms with Crippen LogP contribution < -0.4 is 10.0 Å². The Labute approximate surface area is 148 Å². The van der Waals surface area contributed by atoms with Crippen LogP contribution in [0.4, 0.5) is 5.69 Å². The van der Waals surface area contributed by atoms with Crippen LogP contribution in [0.3, 0.4) is 0 Å². The van der Waals surface area contributed by atoms with Crippen LogP contribution >= 0.6 is 0 Å². The van der Waals surface area contributed by atoms with Gasteiger partial charge in [0.25, 0.3) is 5.91 Å². The van der Waals surface area contributed by atoms with E-state index in [0.717, 1.165) is 5.56 Å². The summed E-state index contributed by atoms with van der Waals surface area (Å²) in [4.78, 5) is 12.4. The molecule has 132 valence electrons. The van der Waals surface area contributed by atoms with Crippen LogP contribution in [0.5, 0.6) is 0 Å². The average Bonchev–Trinajstić information content (AvgIpc) is 2.60. The number of sulfonamides is 1. The molecule has 0 aromatic heterocycles. The molecule has 0 aliphatic heterocycles. The Balaban J connectivity index is 2.13. The van der Waals surface area contributed by atoms with Crippen LogP contribution in [0.1, 0.15) is 35.7 Å². The third-order valence-electron chi connectivity index (χ3n) is 3.66. The molecule has 0 atom stereocenters. The van der Waals surface area contributed by atoms with E-state index in [1.165, 1.54) is 30.3 Å². The van der Waals surface area contributed by atoms with E-state index in [4.69, 9.17) is 0 Å². The van der Waals surface area contributed by atoms with Gasteiger partial charge in [0.1, 0.15) is 0 Å².